The molecule has 0 aliphatic carbocycles. The molecule has 0 saturated heterocycles. The third-order valence-electron chi connectivity index (χ3n) is 1.06. The molecule has 1 atom stereocenters. The molecule has 4 heteroatoms. The van der Waals surface area contributed by atoms with E-state index in [1.165, 1.54) is 0 Å². The molecule has 0 heterocycles. The van der Waals surface area contributed by atoms with E-state index in [4.69, 9.17) is 0 Å². The van der Waals surface area contributed by atoms with E-state index in [2.05, 4.69) is 26.2 Å². The van der Waals surface area contributed by atoms with Crippen LogP contribution in [0.25, 0.3) is 0 Å². The molecular weight excluding hydrogens is 428 g/mol. The number of hydrogen-bond donors (Lipinski definition) is 0. The average molecular weight is 443 g/mol. The quantitative estimate of drug-likeness (QED) is 0.567. The van der Waals surface area contributed by atoms with Gasteiger partial charge in [-0.3, -0.25) is 0 Å². The summed E-state index contributed by atoms with van der Waals surface area (Å²) in [4.78, 5) is 0. The second-order valence-electron chi connectivity index (χ2n) is 5.30. The molecule has 0 radical (unpaired) electrons. The molecule has 0 aromatic rings. The fourth-order valence-corrected chi connectivity index (χ4v) is 77.0. The molecule has 0 saturated carbocycles. The minimum absolute atomic E-state index is 0.291. The molecule has 0 amide bonds. The summed E-state index contributed by atoms with van der Waals surface area (Å²) in [6.07, 6.45) is 0. The van der Waals surface area contributed by atoms with Crippen molar-refractivity contribution < 1.29 is 41.6 Å². The van der Waals surface area contributed by atoms with Gasteiger partial charge in [0.2, 0.25) is 0 Å². The molecule has 0 aliphatic heterocycles. The Balaban J connectivity index is 3.75. The summed E-state index contributed by atoms with van der Waals surface area (Å²) in [6.45, 7) is 10.3. The van der Waals surface area contributed by atoms with Gasteiger partial charge < -0.3 is 0 Å². The van der Waals surface area contributed by atoms with Gasteiger partial charge in [0.15, 0.2) is 0 Å². The minimum atomic E-state index is -0.621. The van der Waals surface area contributed by atoms with Crippen molar-refractivity contribution in [1.29, 1.82) is 0 Å². The summed E-state index contributed by atoms with van der Waals surface area (Å²) in [5.74, 6) is 0. The summed E-state index contributed by atoms with van der Waals surface area (Å²) in [6, 6.07) is 0. The molecule has 1 unspecified atom stereocenters. The van der Waals surface area contributed by atoms with E-state index in [-0.39, 0.29) is -6.66 Å². The van der Waals surface area contributed by atoms with Gasteiger partial charge in [-0.05, 0) is 0 Å². The van der Waals surface area contributed by atoms with Crippen LogP contribution in [0.3, 0.4) is 0 Å². The molecule has 46 valence electrons. The summed E-state index contributed by atoms with van der Waals surface area (Å²) in [7, 11) is -0.621. The van der Waals surface area contributed by atoms with Gasteiger partial charge in [-0.15, -0.1) is 0 Å². The normalized spacial score (nSPS) is 19.2. The van der Waals surface area contributed by atoms with E-state index in [1.807, 2.05) is 0 Å². The monoisotopic (exact) mass is 442 g/mol. The first-order valence-corrected chi connectivity index (χ1v) is 30.8. The summed E-state index contributed by atoms with van der Waals surface area (Å²) >= 11 is 2.02. The van der Waals surface area contributed by atoms with Crippen LogP contribution in [0.5, 0.6) is 0 Å². The van der Waals surface area contributed by atoms with Gasteiger partial charge in [-0.1, -0.05) is 0 Å². The molecule has 0 aliphatic rings. The zero-order chi connectivity index (χ0) is 7.71. The van der Waals surface area contributed by atoms with Crippen LogP contribution >= 0.6 is 0 Å². The second-order valence-corrected chi connectivity index (χ2v) is 131. The van der Waals surface area contributed by atoms with Crippen LogP contribution in [0.1, 0.15) is 0 Å². The molecule has 0 N–H and O–H groups in total. The van der Waals surface area contributed by atoms with Crippen molar-refractivity contribution in [2.24, 2.45) is 0 Å². The van der Waals surface area contributed by atoms with Crippen LogP contribution in [0.4, 0.5) is 0 Å². The van der Waals surface area contributed by atoms with Gasteiger partial charge in [0.1, 0.15) is 0 Å². The topological polar surface area (TPSA) is 0 Å². The van der Waals surface area contributed by atoms with Crippen LogP contribution in [0.15, 0.2) is 0 Å². The zero-order valence-electron chi connectivity index (χ0n) is 7.71. The fraction of sp³-hybridized carbons (Fsp3) is 1.00. The molecule has 0 fully saturated rings. The van der Waals surface area contributed by atoms with Crippen molar-refractivity contribution in [3.8, 4) is 0 Å². The Morgan fingerprint density at radius 1 is 1.22 bits per heavy atom. The molecule has 0 aromatic heterocycles. The van der Waals surface area contributed by atoms with Crippen LogP contribution in [0, 0.1) is 41.6 Å². The van der Waals surface area contributed by atoms with E-state index in [0.29, 0.717) is 0 Å². The van der Waals surface area contributed by atoms with Crippen LogP contribution in [0.2, 0.25) is 31.9 Å². The SMILES string of the molecule is C[Si](C)(C)C[Si](C)([Rb])[RaH]. The van der Waals surface area contributed by atoms with Gasteiger partial charge in [0.05, 0.1) is 0 Å². The van der Waals surface area contributed by atoms with E-state index in [9.17, 15) is 0 Å². The van der Waals surface area contributed by atoms with Crippen molar-refractivity contribution in [3.05, 3.63) is 0 Å². The number of hydrogen-bond acceptors (Lipinski definition) is 0. The zero-order valence-corrected chi connectivity index (χ0v) is 22.8. The van der Waals surface area contributed by atoms with Crippen molar-refractivity contribution in [3.63, 3.8) is 0 Å². The Hall–Kier alpha value is 3.71. The van der Waals surface area contributed by atoms with E-state index >= 15 is 0 Å². The first-order chi connectivity index (χ1) is 3.71. The van der Waals surface area contributed by atoms with E-state index in [0.717, 1.165) is 95.8 Å². The van der Waals surface area contributed by atoms with Crippen molar-refractivity contribution in [2.45, 2.75) is 31.9 Å². The Morgan fingerprint density at radius 3 is 1.56 bits per heavy atom. The molecule has 9 heavy (non-hydrogen) atoms. The van der Waals surface area contributed by atoms with Gasteiger partial charge in [0, 0.05) is 0 Å². The van der Waals surface area contributed by atoms with Gasteiger partial charge >= 0.3 is 129 Å². The second kappa shape index (κ2) is 4.81. The Labute approximate surface area is 125 Å². The molecule has 0 spiro atoms. The molecule has 0 nitrogen and oxygen atoms in total. The van der Waals surface area contributed by atoms with Crippen molar-refractivity contribution >= 4 is 55.6 Å². The maximum absolute atomic E-state index is 2.66. The molecule has 0 rings (SSSR count). The van der Waals surface area contributed by atoms with Gasteiger partial charge in [-0.25, -0.2) is 0 Å². The van der Waals surface area contributed by atoms with Crippen LogP contribution in [-0.4, -0.2) is 55.6 Å². The summed E-state index contributed by atoms with van der Waals surface area (Å²) in [5.41, 5.74) is 1.76. The van der Waals surface area contributed by atoms with Crippen LogP contribution < -0.4 is 0 Å². The Bertz CT molecular complexity index is 80.1. The maximum atomic E-state index is 2.66. The molecule has 0 bridgehead atoms. The van der Waals surface area contributed by atoms with Gasteiger partial charge in [0.25, 0.3) is 0 Å². The third kappa shape index (κ3) is 11.7. The van der Waals surface area contributed by atoms with Crippen molar-refractivity contribution in [1.82, 2.24) is 0 Å². The Morgan fingerprint density at radius 2 is 1.56 bits per heavy atom. The van der Waals surface area contributed by atoms with E-state index < -0.39 is 8.07 Å². The van der Waals surface area contributed by atoms with Gasteiger partial charge in [-0.2, -0.15) is 0 Å². The van der Waals surface area contributed by atoms with Crippen molar-refractivity contribution in [2.75, 3.05) is 0 Å². The fourth-order valence-electron chi connectivity index (χ4n) is 1.59. The molecular formula is C5H15RaRbSi2. The molecule has 0 aromatic carbocycles. The Kier molecular flexibility index (Phi) is 6.79. The predicted molar refractivity (Wildman–Crippen MR) is 46.9 cm³/mol. The standard InChI is InChI=1S/C5H14Si2.Ra.Rb.H/c1-6-5-7(2,3)4;;;/h5H2,1-4H3;;;. The predicted octanol–water partition coefficient (Wildman–Crippen LogP) is 1.39. The summed E-state index contributed by atoms with van der Waals surface area (Å²) < 4.78 is -0.291. The number of rotatable bonds is 2. The first kappa shape index (κ1) is 12.7. The first-order valence-electron chi connectivity index (χ1n) is 3.71. The summed E-state index contributed by atoms with van der Waals surface area (Å²) in [5, 5.41) is 0. The third-order valence-corrected chi connectivity index (χ3v) is 30.4. The van der Waals surface area contributed by atoms with Crippen LogP contribution in [-0.2, 0) is 0 Å². The average Bonchev–Trinajstić information content (AvgIpc) is 1.14. The van der Waals surface area contributed by atoms with E-state index in [1.54, 1.807) is 5.67 Å².